The predicted octanol–water partition coefficient (Wildman–Crippen LogP) is 4.65. The number of halogens is 3. The van der Waals surface area contributed by atoms with Crippen molar-refractivity contribution in [3.05, 3.63) is 56.0 Å². The van der Waals surface area contributed by atoms with E-state index in [0.717, 1.165) is 62.3 Å². The second kappa shape index (κ2) is 15.2. The lowest BCUT2D eigenvalue weighted by Crippen LogP contribution is -2.45. The average Bonchev–Trinajstić information content (AvgIpc) is 3.74. The van der Waals surface area contributed by atoms with Crippen molar-refractivity contribution in [2.45, 2.75) is 65.5 Å². The van der Waals surface area contributed by atoms with Crippen molar-refractivity contribution < 1.29 is 27.9 Å². The first-order valence-electron chi connectivity index (χ1n) is 16.4. The summed E-state index contributed by atoms with van der Waals surface area (Å²) in [4.78, 5) is 56.0. The normalized spacial score (nSPS) is 20.0. The number of nitrogens with zero attached hydrogens (tertiary/aromatic N) is 6. The second-order valence-electron chi connectivity index (χ2n) is 12.2. The number of urea groups is 1. The highest BCUT2D eigenvalue weighted by Crippen LogP contribution is 2.40. The van der Waals surface area contributed by atoms with E-state index in [9.17, 15) is 32.7 Å². The molecule has 0 spiro atoms. The van der Waals surface area contributed by atoms with E-state index in [-0.39, 0.29) is 22.1 Å². The van der Waals surface area contributed by atoms with Gasteiger partial charge in [0.05, 0.1) is 22.8 Å². The Bertz CT molecular complexity index is 1820. The van der Waals surface area contributed by atoms with E-state index in [0.29, 0.717) is 29.8 Å². The molecule has 3 aromatic heterocycles. The van der Waals surface area contributed by atoms with Crippen LogP contribution in [0.1, 0.15) is 67.3 Å². The largest absolute Gasteiger partial charge is 0.477 e. The maximum atomic E-state index is 13.6. The quantitative estimate of drug-likeness (QED) is 0.248. The minimum Gasteiger partial charge on any atom is -0.477 e. The van der Waals surface area contributed by atoms with E-state index in [1.165, 1.54) is 24.7 Å². The van der Waals surface area contributed by atoms with Gasteiger partial charge in [-0.1, -0.05) is 20.8 Å². The van der Waals surface area contributed by atoms with Crippen LogP contribution in [0.2, 0.25) is 0 Å². The number of aromatic nitrogens is 3. The zero-order valence-electron chi connectivity index (χ0n) is 27.9. The molecule has 16 heteroatoms. The fourth-order valence-electron chi connectivity index (χ4n) is 6.48. The van der Waals surface area contributed by atoms with Crippen LogP contribution in [0.15, 0.2) is 33.6 Å². The number of likely N-dealkylation sites (N-methyl/N-ethyl adjacent to an activating group) is 1. The Labute approximate surface area is 285 Å². The lowest BCUT2D eigenvalue weighted by molar-refractivity contribution is -0.140. The Morgan fingerprint density at radius 3 is 2.61 bits per heavy atom. The molecule has 2 aliphatic rings. The number of pyridine rings is 2. The summed E-state index contributed by atoms with van der Waals surface area (Å²) in [6, 6.07) is 1.11. The van der Waals surface area contributed by atoms with Gasteiger partial charge in [0, 0.05) is 67.1 Å². The fourth-order valence-corrected chi connectivity index (χ4v) is 7.46. The molecule has 2 amide bonds. The first-order valence-corrected chi connectivity index (χ1v) is 17.3. The molecule has 5 rings (SSSR count). The predicted molar refractivity (Wildman–Crippen MR) is 183 cm³/mol. The Balaban J connectivity index is 1.58. The Hall–Kier alpha value is -4.15. The van der Waals surface area contributed by atoms with Gasteiger partial charge in [-0.05, 0) is 45.5 Å². The maximum absolute atomic E-state index is 13.6. The second-order valence-corrected chi connectivity index (χ2v) is 13.0. The number of amides is 2. The van der Waals surface area contributed by atoms with Crippen molar-refractivity contribution in [3.8, 4) is 0 Å². The molecule has 2 aliphatic heterocycles. The van der Waals surface area contributed by atoms with Gasteiger partial charge in [0.15, 0.2) is 5.69 Å². The molecule has 3 N–H and O–H groups in total. The van der Waals surface area contributed by atoms with Crippen LogP contribution in [0.25, 0.3) is 22.0 Å². The maximum Gasteiger partial charge on any atom is 0.434 e. The highest BCUT2D eigenvalue weighted by molar-refractivity contribution is 7.11. The fraction of sp³-hybridized carbons (Fsp3) is 0.515. The minimum absolute atomic E-state index is 0.0632. The first kappa shape index (κ1) is 36.1. The number of rotatable bonds is 12. The van der Waals surface area contributed by atoms with E-state index in [1.807, 2.05) is 0 Å². The van der Waals surface area contributed by atoms with Crippen molar-refractivity contribution in [1.82, 2.24) is 35.0 Å². The Kier molecular flexibility index (Phi) is 11.2. The van der Waals surface area contributed by atoms with Gasteiger partial charge in [0.2, 0.25) is 5.43 Å². The number of fused-ring (bicyclic) bond motifs is 1. The summed E-state index contributed by atoms with van der Waals surface area (Å²) in [6.07, 6.45) is 0.709. The molecule has 264 valence electrons. The van der Waals surface area contributed by atoms with Crippen LogP contribution in [0.3, 0.4) is 0 Å². The van der Waals surface area contributed by atoms with Gasteiger partial charge in [-0.15, -0.1) is 11.3 Å². The number of likely N-dealkylation sites (tertiary alicyclic amines) is 1. The number of carbonyl (C=O) groups is 2. The van der Waals surface area contributed by atoms with Crippen LogP contribution < -0.4 is 16.1 Å². The van der Waals surface area contributed by atoms with Crippen LogP contribution in [0, 0.1) is 5.92 Å². The standard InChI is InChI=1S/C33H41F3N8O4S/c1-5-37-32(48)41-29-19(4)27(30-40-26(18-49-30)33(34,35)36)22(14-39-29)24-13-21-25(15-38-24)44(17-23(28(21)45)31(46)47)16-20-9-8-10-43(20)12-11-42(6-2)7-3/h13-15,17-20,29H,5-12,16H2,1-4H3,(H,46,47)(H2,37,41,48)/t19?,20-,29?/m1/s1. The van der Waals surface area contributed by atoms with Gasteiger partial charge < -0.3 is 25.2 Å². The van der Waals surface area contributed by atoms with E-state index < -0.39 is 46.9 Å². The van der Waals surface area contributed by atoms with Crippen molar-refractivity contribution >= 4 is 51.6 Å². The smallest absolute Gasteiger partial charge is 0.434 e. The van der Waals surface area contributed by atoms with Crippen LogP contribution in [0.5, 0.6) is 0 Å². The number of carbonyl (C=O) groups excluding carboxylic acids is 1. The highest BCUT2D eigenvalue weighted by atomic mass is 32.1. The Morgan fingerprint density at radius 2 is 1.96 bits per heavy atom. The molecule has 1 saturated heterocycles. The summed E-state index contributed by atoms with van der Waals surface area (Å²) in [6.45, 7) is 13.1. The molecule has 49 heavy (non-hydrogen) atoms. The third kappa shape index (κ3) is 7.86. The van der Waals surface area contributed by atoms with Crippen molar-refractivity contribution in [1.29, 1.82) is 0 Å². The number of nitrogens with one attached hydrogen (secondary N) is 2. The molecule has 0 radical (unpaired) electrons. The Morgan fingerprint density at radius 1 is 1.20 bits per heavy atom. The number of hydrogen-bond acceptors (Lipinski definition) is 9. The van der Waals surface area contributed by atoms with Crippen molar-refractivity contribution in [2.24, 2.45) is 10.9 Å². The number of dihydropyridines is 1. The summed E-state index contributed by atoms with van der Waals surface area (Å²) in [7, 11) is 0. The number of alkyl halides is 3. The molecular formula is C33H41F3N8O4S. The minimum atomic E-state index is -4.67. The molecule has 0 aromatic carbocycles. The van der Waals surface area contributed by atoms with Crippen LogP contribution >= 0.6 is 11.3 Å². The molecule has 1 fully saturated rings. The van der Waals surface area contributed by atoms with Gasteiger partial charge in [-0.25, -0.2) is 14.6 Å². The topological polar surface area (TPSA) is 145 Å². The molecule has 2 unspecified atom stereocenters. The summed E-state index contributed by atoms with van der Waals surface area (Å²) in [5, 5.41) is 16.5. The molecule has 0 saturated carbocycles. The summed E-state index contributed by atoms with van der Waals surface area (Å²) in [5.41, 5.74) is -0.809. The molecule has 3 aromatic rings. The van der Waals surface area contributed by atoms with Crippen LogP contribution in [-0.2, 0) is 12.7 Å². The third-order valence-electron chi connectivity index (χ3n) is 9.20. The zero-order valence-corrected chi connectivity index (χ0v) is 28.7. The molecule has 0 aliphatic carbocycles. The number of thiazole rings is 1. The lowest BCUT2D eigenvalue weighted by Gasteiger charge is -2.29. The average molecular weight is 703 g/mol. The van der Waals surface area contributed by atoms with E-state index >= 15 is 0 Å². The molecular weight excluding hydrogens is 661 g/mol. The monoisotopic (exact) mass is 702 g/mol. The van der Waals surface area contributed by atoms with Crippen molar-refractivity contribution in [2.75, 3.05) is 39.3 Å². The highest BCUT2D eigenvalue weighted by Gasteiger charge is 2.37. The summed E-state index contributed by atoms with van der Waals surface area (Å²) in [5.74, 6) is -2.00. The van der Waals surface area contributed by atoms with E-state index in [2.05, 4.69) is 49.2 Å². The molecule has 12 nitrogen and oxygen atoms in total. The lowest BCUT2D eigenvalue weighted by atomic mass is 9.89. The van der Waals surface area contributed by atoms with Gasteiger partial charge in [0.25, 0.3) is 0 Å². The SMILES string of the molecule is CCNC(=O)NC1N=CC(c2cc3c(=O)c(C(=O)O)cn(C[C@H]4CCCN4CCN(CC)CC)c3cn2)=C(c2nc(C(F)(F)F)cs2)C1C. The first-order chi connectivity index (χ1) is 23.4. The number of allylic oxidation sites excluding steroid dienone is 1. The summed E-state index contributed by atoms with van der Waals surface area (Å²) < 4.78 is 42.6. The van der Waals surface area contributed by atoms with E-state index in [1.54, 1.807) is 18.4 Å². The van der Waals surface area contributed by atoms with Crippen LogP contribution in [-0.4, -0.2) is 99.1 Å². The van der Waals surface area contributed by atoms with Gasteiger partial charge >= 0.3 is 18.2 Å². The van der Waals surface area contributed by atoms with Gasteiger partial charge in [-0.2, -0.15) is 13.2 Å². The number of carboxylic acids is 1. The number of aliphatic imine (C=N–C) groups is 1. The zero-order chi connectivity index (χ0) is 35.5. The molecule has 0 bridgehead atoms. The van der Waals surface area contributed by atoms with Gasteiger partial charge in [0.1, 0.15) is 16.7 Å². The number of aromatic carboxylic acids is 1. The number of carboxylic acid groups (broad SMARTS) is 1. The third-order valence-corrected chi connectivity index (χ3v) is 10.1. The molecule has 5 heterocycles. The summed E-state index contributed by atoms with van der Waals surface area (Å²) >= 11 is 0.800. The van der Waals surface area contributed by atoms with Gasteiger partial charge in [-0.3, -0.25) is 19.7 Å². The van der Waals surface area contributed by atoms with Crippen molar-refractivity contribution in [3.63, 3.8) is 0 Å². The number of hydrogen-bond donors (Lipinski definition) is 3. The van der Waals surface area contributed by atoms with E-state index in [4.69, 9.17) is 0 Å². The van der Waals surface area contributed by atoms with Crippen LogP contribution in [0.4, 0.5) is 18.0 Å². The molecule has 3 atom stereocenters.